The molecule has 7 nitrogen and oxygen atoms in total. The van der Waals surface area contributed by atoms with Crippen LogP contribution in [0.15, 0.2) is 45.9 Å². The van der Waals surface area contributed by atoms with Gasteiger partial charge < -0.3 is 25.4 Å². The van der Waals surface area contributed by atoms with Crippen LogP contribution in [0, 0.1) is 0 Å². The molecule has 0 unspecified atom stereocenters. The molecular weight excluding hydrogens is 424 g/mol. The summed E-state index contributed by atoms with van der Waals surface area (Å²) in [4.78, 5) is 16.0. The van der Waals surface area contributed by atoms with E-state index >= 15 is 0 Å². The van der Waals surface area contributed by atoms with Gasteiger partial charge in [0.15, 0.2) is 17.5 Å². The molecule has 0 fully saturated rings. The molecule has 3 N–H and O–H groups in total. The van der Waals surface area contributed by atoms with Gasteiger partial charge in [-0.1, -0.05) is 12.1 Å². The Morgan fingerprint density at radius 3 is 2.82 bits per heavy atom. The van der Waals surface area contributed by atoms with Crippen LogP contribution in [-0.4, -0.2) is 39.3 Å². The van der Waals surface area contributed by atoms with E-state index in [0.29, 0.717) is 24.6 Å². The molecule has 0 radical (unpaired) electrons. The Bertz CT molecular complexity index is 886. The SMILES string of the molecule is CN=C(NCCc1cccc(C(=O)NC)c1)NCc1cc(Br)c2c(c1)OCO2. The monoisotopic (exact) mass is 446 g/mol. The van der Waals surface area contributed by atoms with Crippen molar-refractivity contribution in [2.24, 2.45) is 4.99 Å². The third kappa shape index (κ3) is 4.95. The number of nitrogens with one attached hydrogen (secondary N) is 3. The van der Waals surface area contributed by atoms with Crippen molar-refractivity contribution in [3.8, 4) is 11.5 Å². The van der Waals surface area contributed by atoms with Crippen LogP contribution in [0.4, 0.5) is 0 Å². The lowest BCUT2D eigenvalue weighted by molar-refractivity contribution is 0.0963. The molecular formula is C20H23BrN4O3. The first-order valence-electron chi connectivity index (χ1n) is 8.94. The zero-order chi connectivity index (χ0) is 19.9. The highest BCUT2D eigenvalue weighted by molar-refractivity contribution is 9.10. The highest BCUT2D eigenvalue weighted by Gasteiger charge is 2.17. The second kappa shape index (κ2) is 9.45. The van der Waals surface area contributed by atoms with Crippen molar-refractivity contribution in [3.05, 3.63) is 57.6 Å². The number of carbonyl (C=O) groups is 1. The molecule has 3 rings (SSSR count). The second-order valence-electron chi connectivity index (χ2n) is 6.19. The van der Waals surface area contributed by atoms with Gasteiger partial charge in [-0.05, 0) is 57.7 Å². The minimum absolute atomic E-state index is 0.0813. The molecule has 1 aliphatic heterocycles. The maximum absolute atomic E-state index is 11.7. The summed E-state index contributed by atoms with van der Waals surface area (Å²) < 4.78 is 11.7. The van der Waals surface area contributed by atoms with Crippen molar-refractivity contribution >= 4 is 27.8 Å². The second-order valence-corrected chi connectivity index (χ2v) is 7.05. The summed E-state index contributed by atoms with van der Waals surface area (Å²) in [6, 6.07) is 11.6. The van der Waals surface area contributed by atoms with Crippen molar-refractivity contribution in [2.45, 2.75) is 13.0 Å². The van der Waals surface area contributed by atoms with Gasteiger partial charge >= 0.3 is 0 Å². The summed E-state index contributed by atoms with van der Waals surface area (Å²) in [5.41, 5.74) is 2.80. The topological polar surface area (TPSA) is 84.0 Å². The van der Waals surface area contributed by atoms with Gasteiger partial charge in [0.2, 0.25) is 6.79 Å². The lowest BCUT2D eigenvalue weighted by Crippen LogP contribution is -2.37. The van der Waals surface area contributed by atoms with E-state index < -0.39 is 0 Å². The van der Waals surface area contributed by atoms with Gasteiger partial charge in [-0.25, -0.2) is 0 Å². The predicted molar refractivity (Wildman–Crippen MR) is 112 cm³/mol. The van der Waals surface area contributed by atoms with Gasteiger partial charge in [-0.3, -0.25) is 9.79 Å². The Hall–Kier alpha value is -2.74. The molecule has 0 aromatic heterocycles. The summed E-state index contributed by atoms with van der Waals surface area (Å²) in [6.07, 6.45) is 0.779. The number of ether oxygens (including phenoxy) is 2. The van der Waals surface area contributed by atoms with E-state index in [1.807, 2.05) is 30.3 Å². The maximum atomic E-state index is 11.7. The minimum Gasteiger partial charge on any atom is -0.454 e. The van der Waals surface area contributed by atoms with E-state index in [1.54, 1.807) is 20.2 Å². The van der Waals surface area contributed by atoms with Gasteiger partial charge in [0.05, 0.1) is 4.47 Å². The summed E-state index contributed by atoms with van der Waals surface area (Å²) in [7, 11) is 3.36. The number of fused-ring (bicyclic) bond motifs is 1. The molecule has 1 amide bonds. The summed E-state index contributed by atoms with van der Waals surface area (Å²) in [5.74, 6) is 2.11. The molecule has 0 saturated carbocycles. The van der Waals surface area contributed by atoms with Crippen LogP contribution in [0.2, 0.25) is 0 Å². The number of hydrogen-bond acceptors (Lipinski definition) is 4. The van der Waals surface area contributed by atoms with Crippen LogP contribution in [0.1, 0.15) is 21.5 Å². The molecule has 0 aliphatic carbocycles. The van der Waals surface area contributed by atoms with Crippen LogP contribution < -0.4 is 25.4 Å². The van der Waals surface area contributed by atoms with Gasteiger partial charge in [-0.2, -0.15) is 0 Å². The van der Waals surface area contributed by atoms with Crippen LogP contribution in [-0.2, 0) is 13.0 Å². The first-order valence-corrected chi connectivity index (χ1v) is 9.73. The average Bonchev–Trinajstić information content (AvgIpc) is 3.19. The molecule has 1 aliphatic rings. The van der Waals surface area contributed by atoms with Gasteiger partial charge in [-0.15, -0.1) is 0 Å². The van der Waals surface area contributed by atoms with Crippen LogP contribution in [0.3, 0.4) is 0 Å². The fourth-order valence-electron chi connectivity index (χ4n) is 2.87. The van der Waals surface area contributed by atoms with Crippen molar-refractivity contribution in [2.75, 3.05) is 27.4 Å². The number of halogens is 1. The minimum atomic E-state index is -0.0813. The molecule has 0 atom stereocenters. The molecule has 8 heteroatoms. The number of rotatable bonds is 6. The van der Waals surface area contributed by atoms with Gasteiger partial charge in [0.25, 0.3) is 5.91 Å². The Morgan fingerprint density at radius 1 is 1.18 bits per heavy atom. The number of aliphatic imine (C=N–C) groups is 1. The zero-order valence-electron chi connectivity index (χ0n) is 15.8. The van der Waals surface area contributed by atoms with Crippen molar-refractivity contribution < 1.29 is 14.3 Å². The first kappa shape index (κ1) is 20.0. The highest BCUT2D eigenvalue weighted by Crippen LogP contribution is 2.39. The van der Waals surface area contributed by atoms with E-state index in [1.165, 1.54) is 0 Å². The Labute approximate surface area is 172 Å². The number of benzene rings is 2. The molecule has 0 saturated heterocycles. The third-order valence-electron chi connectivity index (χ3n) is 4.29. The lowest BCUT2D eigenvalue weighted by atomic mass is 10.1. The summed E-state index contributed by atoms with van der Waals surface area (Å²) in [5, 5.41) is 9.22. The fourth-order valence-corrected chi connectivity index (χ4v) is 3.47. The van der Waals surface area contributed by atoms with Crippen LogP contribution in [0.25, 0.3) is 0 Å². The van der Waals surface area contributed by atoms with Crippen molar-refractivity contribution in [1.82, 2.24) is 16.0 Å². The van der Waals surface area contributed by atoms with Gasteiger partial charge in [0, 0.05) is 32.7 Å². The predicted octanol–water partition coefficient (Wildman–Crippen LogP) is 2.45. The quantitative estimate of drug-likeness (QED) is 0.468. The standard InChI is InChI=1S/C20H23BrN4O3/c1-22-19(26)15-5-3-4-13(8-15)6-7-24-20(23-2)25-11-14-9-16(21)18-17(10-14)27-12-28-18/h3-5,8-10H,6-7,11-12H2,1-2H3,(H,22,26)(H2,23,24,25). The van der Waals surface area contributed by atoms with Gasteiger partial charge in [0.1, 0.15) is 0 Å². The van der Waals surface area contributed by atoms with E-state index in [9.17, 15) is 4.79 Å². The van der Waals surface area contributed by atoms with E-state index in [0.717, 1.165) is 33.5 Å². The average molecular weight is 447 g/mol. The van der Waals surface area contributed by atoms with Crippen LogP contribution >= 0.6 is 15.9 Å². The fraction of sp³-hybridized carbons (Fsp3) is 0.300. The lowest BCUT2D eigenvalue weighted by Gasteiger charge is -2.13. The number of carbonyl (C=O) groups excluding carboxylic acids is 1. The molecule has 2 aromatic rings. The Kier molecular flexibility index (Phi) is 6.76. The first-order chi connectivity index (χ1) is 13.6. The molecule has 0 spiro atoms. The normalized spacial score (nSPS) is 12.6. The number of nitrogens with zero attached hydrogens (tertiary/aromatic N) is 1. The molecule has 28 heavy (non-hydrogen) atoms. The molecule has 0 bridgehead atoms. The number of hydrogen-bond donors (Lipinski definition) is 3. The zero-order valence-corrected chi connectivity index (χ0v) is 17.4. The summed E-state index contributed by atoms with van der Waals surface area (Å²) in [6.45, 7) is 1.54. The van der Waals surface area contributed by atoms with Crippen molar-refractivity contribution in [1.29, 1.82) is 0 Å². The largest absolute Gasteiger partial charge is 0.454 e. The molecule has 2 aromatic carbocycles. The smallest absolute Gasteiger partial charge is 0.251 e. The van der Waals surface area contributed by atoms with E-state index in [4.69, 9.17) is 9.47 Å². The Balaban J connectivity index is 1.50. The Morgan fingerprint density at radius 2 is 2.04 bits per heavy atom. The van der Waals surface area contributed by atoms with E-state index in [-0.39, 0.29) is 12.7 Å². The molecule has 148 valence electrons. The number of amides is 1. The highest BCUT2D eigenvalue weighted by atomic mass is 79.9. The third-order valence-corrected chi connectivity index (χ3v) is 4.88. The summed E-state index contributed by atoms with van der Waals surface area (Å²) >= 11 is 3.50. The van der Waals surface area contributed by atoms with Crippen molar-refractivity contribution in [3.63, 3.8) is 0 Å². The van der Waals surface area contributed by atoms with E-state index in [2.05, 4.69) is 36.9 Å². The van der Waals surface area contributed by atoms with Crippen LogP contribution in [0.5, 0.6) is 11.5 Å². The number of guanidine groups is 1. The maximum Gasteiger partial charge on any atom is 0.251 e. The molecule has 1 heterocycles.